The fourth-order valence-corrected chi connectivity index (χ4v) is 7.60. The summed E-state index contributed by atoms with van der Waals surface area (Å²) in [6.07, 6.45) is 4.10. The zero-order valence-corrected chi connectivity index (χ0v) is 34.9. The molecule has 0 unspecified atom stereocenters. The fourth-order valence-electron chi connectivity index (χ4n) is 7.47. The number of aliphatic hydroxyl groups is 2. The minimum atomic E-state index is -2.12. The maximum Gasteiger partial charge on any atom is 0.343 e. The smallest absolute Gasteiger partial charge is 0.343 e. The van der Waals surface area contributed by atoms with Crippen LogP contribution >= 0.6 is 11.6 Å². The Kier molecular flexibility index (Phi) is 13.5. The van der Waals surface area contributed by atoms with Crippen molar-refractivity contribution in [1.82, 2.24) is 5.32 Å². The van der Waals surface area contributed by atoms with E-state index in [1.807, 2.05) is 0 Å². The first-order valence-electron chi connectivity index (χ1n) is 19.0. The highest BCUT2D eigenvalue weighted by atomic mass is 35.5. The Morgan fingerprint density at radius 3 is 2.19 bits per heavy atom. The molecule has 4 aliphatic rings. The van der Waals surface area contributed by atoms with Crippen LogP contribution < -0.4 is 14.8 Å². The number of fused-ring (bicyclic) bond motifs is 14. The number of ether oxygens (including phenoxy) is 5. The minimum absolute atomic E-state index is 0.0110. The normalized spacial score (nSPS) is 30.8. The van der Waals surface area contributed by atoms with E-state index in [1.165, 1.54) is 77.3 Å². The van der Waals surface area contributed by atoms with E-state index >= 15 is 0 Å². The maximum absolute atomic E-state index is 14.3. The number of carbonyl (C=O) groups excluding carboxylic acids is 6. The topological polar surface area (TPSA) is 201 Å². The molecule has 1 amide bonds. The van der Waals surface area contributed by atoms with Crippen LogP contribution in [0, 0.1) is 30.6 Å². The van der Waals surface area contributed by atoms with E-state index in [9.17, 15) is 39.0 Å². The molecule has 15 heteroatoms. The molecule has 0 aromatic heterocycles. The summed E-state index contributed by atoms with van der Waals surface area (Å²) in [5.74, 6) is -10.2. The van der Waals surface area contributed by atoms with Gasteiger partial charge in [0.1, 0.15) is 17.6 Å². The number of amides is 1. The van der Waals surface area contributed by atoms with E-state index < -0.39 is 106 Å². The van der Waals surface area contributed by atoms with Gasteiger partial charge in [0, 0.05) is 66.9 Å². The van der Waals surface area contributed by atoms with Gasteiger partial charge in [0.15, 0.2) is 5.78 Å². The molecule has 6 rings (SSSR count). The number of halogens is 1. The molecule has 1 aliphatic carbocycles. The molecule has 59 heavy (non-hydrogen) atoms. The van der Waals surface area contributed by atoms with Crippen LogP contribution in [0.25, 0.3) is 0 Å². The summed E-state index contributed by atoms with van der Waals surface area (Å²) in [6, 6.07) is 5.72. The van der Waals surface area contributed by atoms with Crippen LogP contribution in [-0.4, -0.2) is 82.7 Å². The number of rotatable bonds is 4. The van der Waals surface area contributed by atoms with Gasteiger partial charge in [0.05, 0.1) is 52.5 Å². The van der Waals surface area contributed by atoms with E-state index in [4.69, 9.17) is 35.3 Å². The van der Waals surface area contributed by atoms with Crippen molar-refractivity contribution in [2.45, 2.75) is 85.6 Å². The van der Waals surface area contributed by atoms with Crippen LogP contribution in [0.15, 0.2) is 72.2 Å². The molecule has 0 fully saturated rings. The first-order chi connectivity index (χ1) is 27.7. The number of nitrogens with one attached hydrogen (secondary N) is 1. The molecule has 0 saturated heterocycles. The number of hydrogen-bond acceptors (Lipinski definition) is 13. The molecule has 9 atom stereocenters. The quantitative estimate of drug-likeness (QED) is 0.247. The van der Waals surface area contributed by atoms with E-state index in [1.54, 1.807) is 33.8 Å². The van der Waals surface area contributed by atoms with Gasteiger partial charge >= 0.3 is 17.7 Å². The van der Waals surface area contributed by atoms with Gasteiger partial charge < -0.3 is 39.2 Å². The Hall–Kier alpha value is -5.41. The molecule has 3 aliphatic heterocycles. The van der Waals surface area contributed by atoms with Crippen LogP contribution in [0.5, 0.6) is 11.5 Å². The summed E-state index contributed by atoms with van der Waals surface area (Å²) in [4.78, 5) is 81.9. The zero-order valence-electron chi connectivity index (χ0n) is 34.2. The van der Waals surface area contributed by atoms with Gasteiger partial charge in [-0.1, -0.05) is 57.5 Å². The van der Waals surface area contributed by atoms with E-state index in [-0.39, 0.29) is 33.8 Å². The summed E-state index contributed by atoms with van der Waals surface area (Å²) in [6.45, 7) is 12.3. The number of hydrogen-bond donors (Lipinski definition) is 3. The Morgan fingerprint density at radius 2 is 1.56 bits per heavy atom. The van der Waals surface area contributed by atoms with Crippen molar-refractivity contribution < 1.29 is 62.7 Å². The van der Waals surface area contributed by atoms with Crippen LogP contribution in [-0.2, 0) is 23.8 Å². The number of carbonyl (C=O) groups is 6. The molecular weight excluding hydrogens is 786 g/mol. The molecule has 0 saturated carbocycles. The molecule has 2 aromatic carbocycles. The van der Waals surface area contributed by atoms with E-state index in [0.29, 0.717) is 5.02 Å². The Bertz CT molecular complexity index is 2190. The van der Waals surface area contributed by atoms with Crippen LogP contribution in [0.2, 0.25) is 5.02 Å². The van der Waals surface area contributed by atoms with Gasteiger partial charge in [-0.2, -0.15) is 0 Å². The first kappa shape index (κ1) is 44.7. The molecule has 3 heterocycles. The van der Waals surface area contributed by atoms with Crippen molar-refractivity contribution in [1.29, 1.82) is 0 Å². The van der Waals surface area contributed by atoms with Crippen molar-refractivity contribution in [3.8, 4) is 11.5 Å². The molecule has 2 aromatic rings. The lowest BCUT2D eigenvalue weighted by atomic mass is 9.78. The average Bonchev–Trinajstić information content (AvgIpc) is 3.46. The highest BCUT2D eigenvalue weighted by molar-refractivity contribution is 6.31. The van der Waals surface area contributed by atoms with E-state index in [0.717, 1.165) is 12.3 Å². The van der Waals surface area contributed by atoms with Gasteiger partial charge in [-0.15, -0.1) is 0 Å². The SMILES string of the molecule is CO[C@H]1/C=C\O[C@@]2(C)Oc3c(C)c(OC(=O)c4ccc(Cl)cc4)c4c(c3C2=O)C(=O)C=C(NC(=O)/C(C)=C\C=C/[C@H](C)[C@H](O)[C@@H](C)[C@H](O)[C@H](C)[C@H](OC(C)=O)[C@@H]1C)C4=O. The number of ketones is 3. The lowest BCUT2D eigenvalue weighted by molar-refractivity contribution is -0.160. The largest absolute Gasteiger partial charge is 0.462 e. The monoisotopic (exact) mass is 833 g/mol. The standard InChI is InChI=1S/C44H48ClNO13/c1-20-11-10-12-21(2)42(53)46-29-19-30(48)32-33(37(29)51)39(58-43(54)27-13-15-28(45)16-14-27)25(6)40-34(32)41(52)44(8,59-40)56-18-17-31(55-9)22(3)38(57-26(7)47)24(5)36(50)23(4)35(20)49/h10-20,22-24,31,35-36,38,49-50H,1-9H3,(H,46,53)/b11-10-,18-17-,21-12-/t20-,22+,23+,24-,31-,35-,36-,38+,44-/m0/s1. The molecule has 314 valence electrons. The number of Topliss-reactive ketones (excluding diaryl/α,β-unsaturated/α-hetero) is 2. The predicted octanol–water partition coefficient (Wildman–Crippen LogP) is 5.80. The van der Waals surface area contributed by atoms with Crippen LogP contribution in [0.1, 0.15) is 95.5 Å². The van der Waals surface area contributed by atoms with Crippen LogP contribution in [0.4, 0.5) is 0 Å². The maximum atomic E-state index is 14.3. The summed E-state index contributed by atoms with van der Waals surface area (Å²) in [5, 5.41) is 25.6. The summed E-state index contributed by atoms with van der Waals surface area (Å²) in [7, 11) is 1.41. The molecule has 14 nitrogen and oxygen atoms in total. The van der Waals surface area contributed by atoms with Crippen molar-refractivity contribution in [3.05, 3.63) is 105 Å². The highest BCUT2D eigenvalue weighted by Gasteiger charge is 2.52. The molecule has 3 N–H and O–H groups in total. The van der Waals surface area contributed by atoms with Gasteiger partial charge in [-0.3, -0.25) is 24.0 Å². The van der Waals surface area contributed by atoms with Gasteiger partial charge in [0.2, 0.25) is 5.78 Å². The second kappa shape index (κ2) is 17.8. The van der Waals surface area contributed by atoms with Crippen molar-refractivity contribution in [3.63, 3.8) is 0 Å². The lowest BCUT2D eigenvalue weighted by Crippen LogP contribution is -2.46. The number of aliphatic hydroxyl groups excluding tert-OH is 2. The number of methoxy groups -OCH3 is 1. The van der Waals surface area contributed by atoms with Crippen LogP contribution in [0.3, 0.4) is 0 Å². The third-order valence-electron chi connectivity index (χ3n) is 11.1. The predicted molar refractivity (Wildman–Crippen MR) is 214 cm³/mol. The number of benzene rings is 2. The fraction of sp³-hybridized carbons (Fsp3) is 0.409. The summed E-state index contributed by atoms with van der Waals surface area (Å²) in [5.41, 5.74) is -1.42. The summed E-state index contributed by atoms with van der Waals surface area (Å²) < 4.78 is 29.3. The Balaban J connectivity index is 1.65. The second-order valence-corrected chi connectivity index (χ2v) is 15.7. The lowest BCUT2D eigenvalue weighted by Gasteiger charge is -2.38. The van der Waals surface area contributed by atoms with Crippen molar-refractivity contribution >= 4 is 46.8 Å². The van der Waals surface area contributed by atoms with Crippen molar-refractivity contribution in [2.75, 3.05) is 7.11 Å². The number of esters is 2. The second-order valence-electron chi connectivity index (χ2n) is 15.3. The third kappa shape index (κ3) is 8.96. The van der Waals surface area contributed by atoms with Crippen molar-refractivity contribution in [2.24, 2.45) is 23.7 Å². The highest BCUT2D eigenvalue weighted by Crippen LogP contribution is 2.48. The Morgan fingerprint density at radius 1 is 0.898 bits per heavy atom. The average molecular weight is 834 g/mol. The number of allylic oxidation sites excluding steroid dienone is 4. The van der Waals surface area contributed by atoms with Gasteiger partial charge in [-0.05, 0) is 44.2 Å². The molecule has 0 radical (unpaired) electrons. The Labute approximate surface area is 346 Å². The summed E-state index contributed by atoms with van der Waals surface area (Å²) >= 11 is 6.01. The first-order valence-corrected chi connectivity index (χ1v) is 19.4. The minimum Gasteiger partial charge on any atom is -0.462 e. The van der Waals surface area contributed by atoms with Gasteiger partial charge in [-0.25, -0.2) is 4.79 Å². The zero-order chi connectivity index (χ0) is 43.7. The van der Waals surface area contributed by atoms with E-state index in [2.05, 4.69) is 5.32 Å². The third-order valence-corrected chi connectivity index (χ3v) is 11.3. The van der Waals surface area contributed by atoms with Gasteiger partial charge in [0.25, 0.3) is 11.7 Å². The molecular formula is C44H48ClNO13. The molecule has 0 spiro atoms. The molecule has 5 bridgehead atoms.